The highest BCUT2D eigenvalue weighted by Gasteiger charge is 2.46. The van der Waals surface area contributed by atoms with Crippen LogP contribution in [0.25, 0.3) is 0 Å². The highest BCUT2D eigenvalue weighted by atomic mass is 19.4. The van der Waals surface area contributed by atoms with E-state index in [0.29, 0.717) is 6.61 Å². The number of ether oxygens (including phenoxy) is 1. The Morgan fingerprint density at radius 1 is 1.40 bits per heavy atom. The second-order valence-electron chi connectivity index (χ2n) is 3.85. The first-order valence-corrected chi connectivity index (χ1v) is 5.05. The zero-order valence-electron chi connectivity index (χ0n) is 8.60. The Bertz CT molecular complexity index is 248. The summed E-state index contributed by atoms with van der Waals surface area (Å²) in [4.78, 5) is 0. The maximum absolute atomic E-state index is 12.4. The molecule has 0 unspecified atom stereocenters. The fourth-order valence-electron chi connectivity index (χ4n) is 1.98. The molecule has 15 heavy (non-hydrogen) atoms. The molecule has 1 aliphatic rings. The molecule has 0 N–H and O–H groups in total. The molecule has 86 valence electrons. The Kier molecular flexibility index (Phi) is 3.61. The van der Waals surface area contributed by atoms with E-state index < -0.39 is 17.7 Å². The fraction of sp³-hybridized carbons (Fsp3) is 0.900. The monoisotopic (exact) mass is 221 g/mol. The van der Waals surface area contributed by atoms with E-state index in [4.69, 9.17) is 10.00 Å². The molecule has 1 rings (SSSR count). The van der Waals surface area contributed by atoms with Gasteiger partial charge in [-0.05, 0) is 32.6 Å². The van der Waals surface area contributed by atoms with Crippen molar-refractivity contribution in [2.75, 3.05) is 6.61 Å². The lowest BCUT2D eigenvalue weighted by atomic mass is 9.79. The predicted molar refractivity (Wildman–Crippen MR) is 48.0 cm³/mol. The number of hydrogen-bond donors (Lipinski definition) is 0. The number of hydrogen-bond acceptors (Lipinski definition) is 2. The van der Waals surface area contributed by atoms with Crippen molar-refractivity contribution in [3.8, 4) is 6.07 Å². The van der Waals surface area contributed by atoms with E-state index in [-0.39, 0.29) is 25.7 Å². The summed E-state index contributed by atoms with van der Waals surface area (Å²) >= 11 is 0. The molecule has 0 radical (unpaired) electrons. The summed E-state index contributed by atoms with van der Waals surface area (Å²) in [5.41, 5.74) is -0.976. The average Bonchev–Trinajstić information content (AvgIpc) is 2.17. The first kappa shape index (κ1) is 12.3. The van der Waals surface area contributed by atoms with Gasteiger partial charge in [-0.3, -0.25) is 0 Å². The van der Waals surface area contributed by atoms with Crippen molar-refractivity contribution < 1.29 is 17.9 Å². The molecular weight excluding hydrogens is 207 g/mol. The van der Waals surface area contributed by atoms with Gasteiger partial charge in [-0.2, -0.15) is 18.4 Å². The summed E-state index contributed by atoms with van der Waals surface area (Å²) in [7, 11) is 0. The standard InChI is InChI=1S/C10H14F3NO/c1-2-15-9(7-14)5-3-8(4-6-9)10(11,12)13/h8H,2-6H2,1H3. The van der Waals surface area contributed by atoms with Crippen LogP contribution in [-0.2, 0) is 4.74 Å². The Hall–Kier alpha value is -0.760. The van der Waals surface area contributed by atoms with Crippen LogP contribution in [0.5, 0.6) is 0 Å². The molecule has 1 fully saturated rings. The van der Waals surface area contributed by atoms with E-state index in [0.717, 1.165) is 0 Å². The van der Waals surface area contributed by atoms with E-state index >= 15 is 0 Å². The molecule has 0 amide bonds. The van der Waals surface area contributed by atoms with Crippen LogP contribution >= 0.6 is 0 Å². The van der Waals surface area contributed by atoms with Gasteiger partial charge in [0.15, 0.2) is 5.60 Å². The van der Waals surface area contributed by atoms with Crippen molar-refractivity contribution in [1.82, 2.24) is 0 Å². The lowest BCUT2D eigenvalue weighted by Crippen LogP contribution is -2.39. The Balaban J connectivity index is 2.58. The number of halogens is 3. The highest BCUT2D eigenvalue weighted by molar-refractivity contribution is 5.05. The van der Waals surface area contributed by atoms with Crippen molar-refractivity contribution in [3.63, 3.8) is 0 Å². The number of nitriles is 1. The smallest absolute Gasteiger partial charge is 0.360 e. The van der Waals surface area contributed by atoms with Crippen LogP contribution in [0.1, 0.15) is 32.6 Å². The first-order chi connectivity index (χ1) is 6.93. The van der Waals surface area contributed by atoms with Gasteiger partial charge in [0.2, 0.25) is 0 Å². The van der Waals surface area contributed by atoms with Crippen LogP contribution in [0.4, 0.5) is 13.2 Å². The molecule has 0 heterocycles. The van der Waals surface area contributed by atoms with Gasteiger partial charge < -0.3 is 4.74 Å². The van der Waals surface area contributed by atoms with Crippen LogP contribution in [-0.4, -0.2) is 18.4 Å². The fourth-order valence-corrected chi connectivity index (χ4v) is 1.98. The number of nitrogens with zero attached hydrogens (tertiary/aromatic N) is 1. The Labute approximate surface area is 87.0 Å². The Morgan fingerprint density at radius 3 is 2.27 bits per heavy atom. The van der Waals surface area contributed by atoms with E-state index in [1.54, 1.807) is 6.92 Å². The minimum Gasteiger partial charge on any atom is -0.360 e. The second-order valence-corrected chi connectivity index (χ2v) is 3.85. The number of rotatable bonds is 2. The maximum atomic E-state index is 12.4. The molecular formula is C10H14F3NO. The zero-order chi connectivity index (χ0) is 11.5. The molecule has 0 aromatic heterocycles. The SMILES string of the molecule is CCOC1(C#N)CCC(C(F)(F)F)CC1. The van der Waals surface area contributed by atoms with Crippen LogP contribution in [0.2, 0.25) is 0 Å². The normalized spacial score (nSPS) is 32.3. The van der Waals surface area contributed by atoms with Crippen LogP contribution in [0, 0.1) is 17.2 Å². The topological polar surface area (TPSA) is 33.0 Å². The van der Waals surface area contributed by atoms with Crippen molar-refractivity contribution in [2.45, 2.75) is 44.4 Å². The third kappa shape index (κ3) is 2.85. The van der Waals surface area contributed by atoms with E-state index in [9.17, 15) is 13.2 Å². The largest absolute Gasteiger partial charge is 0.391 e. The maximum Gasteiger partial charge on any atom is 0.391 e. The third-order valence-corrected chi connectivity index (χ3v) is 2.88. The molecule has 2 nitrogen and oxygen atoms in total. The third-order valence-electron chi connectivity index (χ3n) is 2.88. The number of alkyl halides is 3. The zero-order valence-corrected chi connectivity index (χ0v) is 8.60. The quantitative estimate of drug-likeness (QED) is 0.718. The molecule has 0 aromatic rings. The molecule has 0 atom stereocenters. The van der Waals surface area contributed by atoms with Gasteiger partial charge in [-0.15, -0.1) is 0 Å². The van der Waals surface area contributed by atoms with E-state index in [1.807, 2.05) is 6.07 Å². The van der Waals surface area contributed by atoms with Crippen molar-refractivity contribution in [1.29, 1.82) is 5.26 Å². The molecule has 5 heteroatoms. The minimum atomic E-state index is -4.13. The van der Waals surface area contributed by atoms with Crippen LogP contribution < -0.4 is 0 Å². The van der Waals surface area contributed by atoms with E-state index in [2.05, 4.69) is 0 Å². The van der Waals surface area contributed by atoms with Gasteiger partial charge in [0.1, 0.15) is 0 Å². The average molecular weight is 221 g/mol. The highest BCUT2D eigenvalue weighted by Crippen LogP contribution is 2.42. The molecule has 0 aromatic carbocycles. The summed E-state index contributed by atoms with van der Waals surface area (Å²) in [6.07, 6.45) is -3.77. The lowest BCUT2D eigenvalue weighted by Gasteiger charge is -2.35. The molecule has 1 saturated carbocycles. The van der Waals surface area contributed by atoms with Crippen molar-refractivity contribution in [2.24, 2.45) is 5.92 Å². The molecule has 0 aliphatic heterocycles. The summed E-state index contributed by atoms with van der Waals surface area (Å²) < 4.78 is 42.3. The van der Waals surface area contributed by atoms with Gasteiger partial charge in [0, 0.05) is 6.61 Å². The van der Waals surface area contributed by atoms with Crippen LogP contribution in [0.15, 0.2) is 0 Å². The van der Waals surface area contributed by atoms with Gasteiger partial charge in [0.05, 0.1) is 12.0 Å². The summed E-state index contributed by atoms with van der Waals surface area (Å²) in [6, 6.07) is 2.00. The molecule has 1 aliphatic carbocycles. The van der Waals surface area contributed by atoms with Gasteiger partial charge in [0.25, 0.3) is 0 Å². The van der Waals surface area contributed by atoms with Crippen molar-refractivity contribution in [3.05, 3.63) is 0 Å². The van der Waals surface area contributed by atoms with Gasteiger partial charge in [-0.25, -0.2) is 0 Å². The van der Waals surface area contributed by atoms with Gasteiger partial charge in [-0.1, -0.05) is 0 Å². The molecule has 0 saturated heterocycles. The second kappa shape index (κ2) is 4.40. The lowest BCUT2D eigenvalue weighted by molar-refractivity contribution is -0.191. The molecule has 0 bridgehead atoms. The summed E-state index contributed by atoms with van der Waals surface area (Å²) in [5.74, 6) is -1.26. The molecule has 0 spiro atoms. The summed E-state index contributed by atoms with van der Waals surface area (Å²) in [5, 5.41) is 8.91. The van der Waals surface area contributed by atoms with Crippen LogP contribution in [0.3, 0.4) is 0 Å². The van der Waals surface area contributed by atoms with Gasteiger partial charge >= 0.3 is 6.18 Å². The Morgan fingerprint density at radius 2 is 1.93 bits per heavy atom. The van der Waals surface area contributed by atoms with E-state index in [1.165, 1.54) is 0 Å². The first-order valence-electron chi connectivity index (χ1n) is 5.05. The minimum absolute atomic E-state index is 0.00292. The van der Waals surface area contributed by atoms with Crippen molar-refractivity contribution >= 4 is 0 Å². The summed E-state index contributed by atoms with van der Waals surface area (Å²) in [6.45, 7) is 2.11. The predicted octanol–water partition coefficient (Wildman–Crippen LogP) is 3.04.